The van der Waals surface area contributed by atoms with E-state index in [9.17, 15) is 4.79 Å². The van der Waals surface area contributed by atoms with Crippen LogP contribution in [-0.2, 0) is 17.8 Å². The first-order valence-electron chi connectivity index (χ1n) is 9.62. The fourth-order valence-electron chi connectivity index (χ4n) is 3.85. The van der Waals surface area contributed by atoms with Gasteiger partial charge >= 0.3 is 0 Å². The second-order valence-electron chi connectivity index (χ2n) is 7.12. The quantitative estimate of drug-likeness (QED) is 0.707. The summed E-state index contributed by atoms with van der Waals surface area (Å²) in [7, 11) is 1.64. The van der Waals surface area contributed by atoms with Crippen LogP contribution >= 0.6 is 0 Å². The summed E-state index contributed by atoms with van der Waals surface area (Å²) in [5.41, 5.74) is 8.61. The summed E-state index contributed by atoms with van der Waals surface area (Å²) in [6.45, 7) is 2.61. The van der Waals surface area contributed by atoms with Gasteiger partial charge in [0.15, 0.2) is 5.65 Å². The van der Waals surface area contributed by atoms with Crippen LogP contribution in [0.5, 0.6) is 5.75 Å². The van der Waals surface area contributed by atoms with Crippen molar-refractivity contribution in [3.63, 3.8) is 0 Å². The van der Waals surface area contributed by atoms with Crippen molar-refractivity contribution in [1.29, 1.82) is 0 Å². The van der Waals surface area contributed by atoms with Crippen LogP contribution in [0.3, 0.4) is 0 Å². The van der Waals surface area contributed by atoms with Gasteiger partial charge in [0.25, 0.3) is 0 Å². The van der Waals surface area contributed by atoms with Gasteiger partial charge in [-0.3, -0.25) is 4.79 Å². The Morgan fingerprint density at radius 2 is 2.11 bits per heavy atom. The lowest BCUT2D eigenvalue weighted by Crippen LogP contribution is -2.29. The molecule has 1 saturated heterocycles. The Hall–Kier alpha value is -2.93. The van der Waals surface area contributed by atoms with Gasteiger partial charge in [-0.1, -0.05) is 12.1 Å². The molecule has 7 nitrogen and oxygen atoms in total. The Kier molecular flexibility index (Phi) is 5.25. The van der Waals surface area contributed by atoms with Gasteiger partial charge in [0.05, 0.1) is 25.8 Å². The largest absolute Gasteiger partial charge is 0.497 e. The first-order valence-corrected chi connectivity index (χ1v) is 9.62. The zero-order chi connectivity index (χ0) is 19.5. The molecule has 0 saturated carbocycles. The van der Waals surface area contributed by atoms with E-state index in [-0.39, 0.29) is 11.8 Å². The molecule has 1 atom stereocenters. The molecule has 2 N–H and O–H groups in total. The number of likely N-dealkylation sites (tertiary alicyclic amines) is 1. The number of hydrogen-bond acceptors (Lipinski definition) is 5. The minimum Gasteiger partial charge on any atom is -0.497 e. The predicted molar refractivity (Wildman–Crippen MR) is 107 cm³/mol. The maximum Gasteiger partial charge on any atom is 0.227 e. The van der Waals surface area contributed by atoms with Gasteiger partial charge in [-0.2, -0.15) is 5.10 Å². The second kappa shape index (κ2) is 7.98. The Morgan fingerprint density at radius 3 is 2.86 bits per heavy atom. The molecule has 1 aromatic carbocycles. The van der Waals surface area contributed by atoms with Gasteiger partial charge in [0, 0.05) is 37.1 Å². The molecule has 1 aliphatic heterocycles. The third kappa shape index (κ3) is 3.57. The average Bonchev–Trinajstić information content (AvgIpc) is 3.34. The van der Waals surface area contributed by atoms with Crippen LogP contribution in [0.4, 0.5) is 0 Å². The van der Waals surface area contributed by atoms with E-state index in [1.54, 1.807) is 13.3 Å². The van der Waals surface area contributed by atoms with Gasteiger partial charge in [-0.25, -0.2) is 9.67 Å². The first-order chi connectivity index (χ1) is 13.7. The number of aromatic nitrogens is 3. The fourth-order valence-corrected chi connectivity index (χ4v) is 3.85. The highest BCUT2D eigenvalue weighted by Gasteiger charge is 2.30. The predicted octanol–water partition coefficient (Wildman–Crippen LogP) is 1.96. The lowest BCUT2D eigenvalue weighted by Gasteiger charge is -2.16. The SMILES string of the molecule is COc1ccc(CC(=O)N2CC[C@@H](c3nn(CCN)c4ncccc34)C2)cc1. The Labute approximate surface area is 164 Å². The highest BCUT2D eigenvalue weighted by molar-refractivity contribution is 5.81. The number of fused-ring (bicyclic) bond motifs is 1. The van der Waals surface area contributed by atoms with Crippen LogP contribution in [-0.4, -0.2) is 52.3 Å². The van der Waals surface area contributed by atoms with Crippen molar-refractivity contribution >= 4 is 16.9 Å². The van der Waals surface area contributed by atoms with Crippen LogP contribution in [0.1, 0.15) is 23.6 Å². The molecule has 1 aliphatic rings. The van der Waals surface area contributed by atoms with Crippen molar-refractivity contribution in [2.75, 3.05) is 26.7 Å². The summed E-state index contributed by atoms with van der Waals surface area (Å²) in [5, 5.41) is 5.84. The number of amides is 1. The molecule has 0 spiro atoms. The van der Waals surface area contributed by atoms with E-state index in [0.29, 0.717) is 26.1 Å². The minimum atomic E-state index is 0.150. The molecule has 0 bridgehead atoms. The highest BCUT2D eigenvalue weighted by Crippen LogP contribution is 2.31. The van der Waals surface area contributed by atoms with E-state index in [1.807, 2.05) is 39.9 Å². The van der Waals surface area contributed by atoms with Crippen molar-refractivity contribution in [1.82, 2.24) is 19.7 Å². The van der Waals surface area contributed by atoms with Crippen molar-refractivity contribution in [3.8, 4) is 5.75 Å². The maximum absolute atomic E-state index is 12.8. The topological polar surface area (TPSA) is 86.3 Å². The number of ether oxygens (including phenoxy) is 1. The lowest BCUT2D eigenvalue weighted by atomic mass is 10.0. The van der Waals surface area contributed by atoms with Crippen molar-refractivity contribution < 1.29 is 9.53 Å². The van der Waals surface area contributed by atoms with Gasteiger partial charge in [-0.15, -0.1) is 0 Å². The second-order valence-corrected chi connectivity index (χ2v) is 7.12. The Morgan fingerprint density at radius 1 is 1.29 bits per heavy atom. The summed E-state index contributed by atoms with van der Waals surface area (Å²) < 4.78 is 7.06. The van der Waals surface area contributed by atoms with Crippen molar-refractivity contribution in [2.45, 2.75) is 25.3 Å². The van der Waals surface area contributed by atoms with E-state index in [4.69, 9.17) is 15.6 Å². The summed E-state index contributed by atoms with van der Waals surface area (Å²) in [6, 6.07) is 11.6. The van der Waals surface area contributed by atoms with Gasteiger partial charge in [0.2, 0.25) is 5.91 Å². The molecule has 1 amide bonds. The van der Waals surface area contributed by atoms with Crippen molar-refractivity contribution in [2.24, 2.45) is 5.73 Å². The average molecular weight is 379 g/mol. The van der Waals surface area contributed by atoms with Crippen LogP contribution in [0.25, 0.3) is 11.0 Å². The molecular weight excluding hydrogens is 354 g/mol. The molecule has 0 unspecified atom stereocenters. The van der Waals surface area contributed by atoms with E-state index in [1.165, 1.54) is 0 Å². The molecule has 3 aromatic rings. The lowest BCUT2D eigenvalue weighted by molar-refractivity contribution is -0.129. The number of carbonyl (C=O) groups excluding carboxylic acids is 1. The van der Waals surface area contributed by atoms with Crippen LogP contribution in [0.15, 0.2) is 42.6 Å². The minimum absolute atomic E-state index is 0.150. The maximum atomic E-state index is 12.8. The van der Waals surface area contributed by atoms with Crippen LogP contribution in [0, 0.1) is 0 Å². The summed E-state index contributed by atoms with van der Waals surface area (Å²) in [5.74, 6) is 1.17. The van der Waals surface area contributed by atoms with E-state index in [0.717, 1.165) is 41.0 Å². The molecule has 0 radical (unpaired) electrons. The number of nitrogens with zero attached hydrogens (tertiary/aromatic N) is 4. The normalized spacial score (nSPS) is 16.6. The number of pyridine rings is 1. The zero-order valence-electron chi connectivity index (χ0n) is 16.0. The Balaban J connectivity index is 1.48. The van der Waals surface area contributed by atoms with Crippen LogP contribution < -0.4 is 10.5 Å². The summed E-state index contributed by atoms with van der Waals surface area (Å²) >= 11 is 0. The van der Waals surface area contributed by atoms with E-state index >= 15 is 0 Å². The summed E-state index contributed by atoms with van der Waals surface area (Å²) in [6.07, 6.45) is 3.10. The zero-order valence-corrected chi connectivity index (χ0v) is 16.0. The number of benzene rings is 1. The molecule has 3 heterocycles. The van der Waals surface area contributed by atoms with E-state index in [2.05, 4.69) is 11.1 Å². The molecule has 2 aromatic heterocycles. The van der Waals surface area contributed by atoms with Gasteiger partial charge in [0.1, 0.15) is 5.75 Å². The Bertz CT molecular complexity index is 967. The molecular formula is C21H25N5O2. The molecule has 0 aliphatic carbocycles. The molecule has 4 rings (SSSR count). The number of methoxy groups -OCH3 is 1. The number of rotatable bonds is 6. The third-order valence-electron chi connectivity index (χ3n) is 5.32. The van der Waals surface area contributed by atoms with Crippen molar-refractivity contribution in [3.05, 3.63) is 53.9 Å². The number of hydrogen-bond donors (Lipinski definition) is 1. The first kappa shape index (κ1) is 18.4. The highest BCUT2D eigenvalue weighted by atomic mass is 16.5. The molecule has 7 heteroatoms. The molecule has 146 valence electrons. The van der Waals surface area contributed by atoms with Gasteiger partial charge < -0.3 is 15.4 Å². The summed E-state index contributed by atoms with van der Waals surface area (Å²) in [4.78, 5) is 19.2. The third-order valence-corrected chi connectivity index (χ3v) is 5.32. The fraction of sp³-hybridized carbons (Fsp3) is 0.381. The van der Waals surface area contributed by atoms with Gasteiger partial charge in [-0.05, 0) is 36.2 Å². The molecule has 1 fully saturated rings. The standard InChI is InChI=1S/C21H25N5O2/c1-28-17-6-4-15(5-7-17)13-19(27)25-11-8-16(14-25)20-18-3-2-10-23-21(18)26(24-20)12-9-22/h2-7,10,16H,8-9,11-14,22H2,1H3/t16-/m1/s1. The smallest absolute Gasteiger partial charge is 0.227 e. The van der Waals surface area contributed by atoms with Crippen LogP contribution in [0.2, 0.25) is 0 Å². The van der Waals surface area contributed by atoms with E-state index < -0.39 is 0 Å². The molecule has 28 heavy (non-hydrogen) atoms. The number of nitrogens with two attached hydrogens (primary N) is 1. The monoisotopic (exact) mass is 379 g/mol. The number of carbonyl (C=O) groups is 1.